The number of esters is 2. The SMILES string of the molecule is CCCCCCCCCCCCC/C=C/C=C/C(=O)O[C@H](COC(=O)CCCCCCCCCCCCCCCC)CO[C@H]1O[C@H](CS(=O)(=O)O)[C@@H](O)C(O)C1O. The third kappa shape index (κ3) is 29.9. The van der Waals surface area contributed by atoms with Crippen molar-refractivity contribution in [3.05, 3.63) is 24.3 Å². The van der Waals surface area contributed by atoms with Crippen LogP contribution in [0.2, 0.25) is 0 Å². The Morgan fingerprint density at radius 1 is 0.632 bits per heavy atom. The Balaban J connectivity index is 2.50. The molecule has 0 aliphatic carbocycles. The van der Waals surface area contributed by atoms with Crippen molar-refractivity contribution in [3.63, 3.8) is 0 Å². The molecule has 1 aliphatic rings. The topological polar surface area (TPSA) is 186 Å². The van der Waals surface area contributed by atoms with E-state index in [1.165, 1.54) is 128 Å². The van der Waals surface area contributed by atoms with Gasteiger partial charge >= 0.3 is 11.9 Å². The van der Waals surface area contributed by atoms with E-state index in [0.29, 0.717) is 6.42 Å². The quantitative estimate of drug-likeness (QED) is 0.0153. The molecule has 6 atom stereocenters. The predicted molar refractivity (Wildman–Crippen MR) is 224 cm³/mol. The molecule has 1 rings (SSSR count). The molecule has 0 saturated carbocycles. The Hall–Kier alpha value is -1.87. The standard InChI is InChI=1S/C44H80O12S/c1-3-5-7-9-11-13-15-17-19-21-23-25-27-29-31-33-40(46)55-37(35-54-44-43(49)42(48)41(47)38(56-44)36-57(50,51)52)34-53-39(45)32-30-28-26-24-22-20-18-16-14-12-10-8-6-4-2/h27,29,31,33,37-38,41-44,47-49H,3-26,28,30,32,34-36H2,1-2H3,(H,50,51,52)/b29-27+,33-31+/t37-,38-,41-,42?,43?,44+/m1/s1. The van der Waals surface area contributed by atoms with E-state index >= 15 is 0 Å². The number of allylic oxidation sites excluding steroid dienone is 3. The van der Waals surface area contributed by atoms with Gasteiger partial charge in [-0.25, -0.2) is 4.79 Å². The number of unbranched alkanes of at least 4 members (excludes halogenated alkanes) is 24. The molecule has 0 aromatic rings. The van der Waals surface area contributed by atoms with Crippen molar-refractivity contribution >= 4 is 22.1 Å². The van der Waals surface area contributed by atoms with Crippen molar-refractivity contribution in [1.82, 2.24) is 0 Å². The average molecular weight is 833 g/mol. The van der Waals surface area contributed by atoms with E-state index in [0.717, 1.165) is 38.5 Å². The molecule has 0 bridgehead atoms. The van der Waals surface area contributed by atoms with E-state index in [-0.39, 0.29) is 13.0 Å². The molecule has 1 aliphatic heterocycles. The summed E-state index contributed by atoms with van der Waals surface area (Å²) in [5.41, 5.74) is 0. The van der Waals surface area contributed by atoms with Crippen molar-refractivity contribution in [3.8, 4) is 0 Å². The summed E-state index contributed by atoms with van der Waals surface area (Å²) in [5, 5.41) is 30.8. The first-order chi connectivity index (χ1) is 27.5. The van der Waals surface area contributed by atoms with Crippen LogP contribution in [-0.4, -0.2) is 96.0 Å². The molecule has 57 heavy (non-hydrogen) atoms. The van der Waals surface area contributed by atoms with Crippen molar-refractivity contribution in [2.75, 3.05) is 19.0 Å². The van der Waals surface area contributed by atoms with Crippen molar-refractivity contribution in [2.45, 2.75) is 224 Å². The van der Waals surface area contributed by atoms with Gasteiger partial charge in [-0.1, -0.05) is 180 Å². The average Bonchev–Trinajstić information content (AvgIpc) is 3.17. The van der Waals surface area contributed by atoms with Crippen molar-refractivity contribution in [1.29, 1.82) is 0 Å². The molecular weight excluding hydrogens is 753 g/mol. The molecule has 0 aromatic heterocycles. The van der Waals surface area contributed by atoms with Gasteiger partial charge in [-0.3, -0.25) is 9.35 Å². The Bertz CT molecular complexity index is 1160. The molecule has 334 valence electrons. The summed E-state index contributed by atoms with van der Waals surface area (Å²) in [6.07, 6.45) is 28.6. The van der Waals surface area contributed by atoms with Gasteiger partial charge in [0.05, 0.1) is 6.61 Å². The number of hydrogen-bond donors (Lipinski definition) is 4. The number of carbonyl (C=O) groups is 2. The normalized spacial score (nSPS) is 20.7. The van der Waals surface area contributed by atoms with Crippen LogP contribution in [-0.2, 0) is 38.7 Å². The molecule has 12 nitrogen and oxygen atoms in total. The van der Waals surface area contributed by atoms with E-state index in [1.54, 1.807) is 12.2 Å². The second-order valence-corrected chi connectivity index (χ2v) is 17.3. The third-order valence-electron chi connectivity index (χ3n) is 10.4. The second kappa shape index (κ2) is 34.9. The second-order valence-electron chi connectivity index (χ2n) is 15.8. The van der Waals surface area contributed by atoms with E-state index in [4.69, 9.17) is 18.9 Å². The van der Waals surface area contributed by atoms with Crippen LogP contribution in [0.5, 0.6) is 0 Å². The van der Waals surface area contributed by atoms with Crippen LogP contribution in [0.4, 0.5) is 0 Å². The molecule has 2 unspecified atom stereocenters. The monoisotopic (exact) mass is 833 g/mol. The number of aliphatic hydroxyl groups excluding tert-OH is 3. The van der Waals surface area contributed by atoms with Crippen LogP contribution in [0.1, 0.15) is 187 Å². The van der Waals surface area contributed by atoms with Crippen LogP contribution in [0.25, 0.3) is 0 Å². The summed E-state index contributed by atoms with van der Waals surface area (Å²) in [7, 11) is -4.61. The van der Waals surface area contributed by atoms with Gasteiger partial charge in [0.2, 0.25) is 0 Å². The summed E-state index contributed by atoms with van der Waals surface area (Å²) < 4.78 is 53.8. The summed E-state index contributed by atoms with van der Waals surface area (Å²) in [5.74, 6) is -2.24. The maximum absolute atomic E-state index is 12.7. The fourth-order valence-corrected chi connectivity index (χ4v) is 7.57. The van der Waals surface area contributed by atoms with Gasteiger partial charge in [0.25, 0.3) is 10.1 Å². The molecule has 0 radical (unpaired) electrons. The van der Waals surface area contributed by atoms with Crippen molar-refractivity contribution < 1.29 is 56.8 Å². The lowest BCUT2D eigenvalue weighted by molar-refractivity contribution is -0.297. The summed E-state index contributed by atoms with van der Waals surface area (Å²) in [6, 6.07) is 0. The fraction of sp³-hybridized carbons (Fsp3) is 0.864. The molecular formula is C44H80O12S. The highest BCUT2D eigenvalue weighted by atomic mass is 32.2. The number of ether oxygens (including phenoxy) is 4. The van der Waals surface area contributed by atoms with Gasteiger partial charge in [-0.05, 0) is 19.3 Å². The maximum Gasteiger partial charge on any atom is 0.331 e. The highest BCUT2D eigenvalue weighted by Gasteiger charge is 2.46. The van der Waals surface area contributed by atoms with Crippen LogP contribution in [0.3, 0.4) is 0 Å². The zero-order valence-corrected chi connectivity index (χ0v) is 36.3. The zero-order valence-electron chi connectivity index (χ0n) is 35.4. The number of aliphatic hydroxyl groups is 3. The highest BCUT2D eigenvalue weighted by Crippen LogP contribution is 2.24. The minimum Gasteiger partial charge on any atom is -0.462 e. The van der Waals surface area contributed by atoms with Crippen LogP contribution in [0, 0.1) is 0 Å². The first kappa shape index (κ1) is 53.1. The van der Waals surface area contributed by atoms with E-state index in [2.05, 4.69) is 13.8 Å². The molecule has 0 aromatic carbocycles. The minimum atomic E-state index is -4.61. The lowest BCUT2D eigenvalue weighted by Crippen LogP contribution is -2.60. The van der Waals surface area contributed by atoms with Gasteiger partial charge in [-0.2, -0.15) is 8.42 Å². The molecule has 1 heterocycles. The first-order valence-corrected chi connectivity index (χ1v) is 24.0. The highest BCUT2D eigenvalue weighted by molar-refractivity contribution is 7.85. The summed E-state index contributed by atoms with van der Waals surface area (Å²) in [6.45, 7) is 3.67. The summed E-state index contributed by atoms with van der Waals surface area (Å²) >= 11 is 0. The van der Waals surface area contributed by atoms with Gasteiger partial charge in [0, 0.05) is 12.5 Å². The Morgan fingerprint density at radius 2 is 1.11 bits per heavy atom. The lowest BCUT2D eigenvalue weighted by Gasteiger charge is -2.40. The van der Waals surface area contributed by atoms with E-state index < -0.39 is 71.2 Å². The lowest BCUT2D eigenvalue weighted by atomic mass is 10.00. The maximum atomic E-state index is 12.7. The molecule has 0 spiro atoms. The third-order valence-corrected chi connectivity index (χ3v) is 11.1. The van der Waals surface area contributed by atoms with Gasteiger partial charge in [-0.15, -0.1) is 0 Å². The van der Waals surface area contributed by atoms with Gasteiger partial charge < -0.3 is 34.3 Å². The van der Waals surface area contributed by atoms with Crippen LogP contribution >= 0.6 is 0 Å². The van der Waals surface area contributed by atoms with Crippen molar-refractivity contribution in [2.24, 2.45) is 0 Å². The molecule has 1 fully saturated rings. The molecule has 13 heteroatoms. The fourth-order valence-electron chi connectivity index (χ4n) is 6.88. The number of carbonyl (C=O) groups excluding carboxylic acids is 2. The van der Waals surface area contributed by atoms with E-state index in [9.17, 15) is 37.9 Å². The van der Waals surface area contributed by atoms with E-state index in [1.807, 2.05) is 6.08 Å². The Kier molecular flexibility index (Phi) is 32.6. The summed E-state index contributed by atoms with van der Waals surface area (Å²) in [4.78, 5) is 25.2. The van der Waals surface area contributed by atoms with Crippen LogP contribution in [0.15, 0.2) is 24.3 Å². The zero-order chi connectivity index (χ0) is 42.0. The van der Waals surface area contributed by atoms with Gasteiger partial charge in [0.15, 0.2) is 12.4 Å². The Morgan fingerprint density at radius 3 is 1.60 bits per heavy atom. The molecule has 4 N–H and O–H groups in total. The predicted octanol–water partition coefficient (Wildman–Crippen LogP) is 8.84. The largest absolute Gasteiger partial charge is 0.462 e. The number of rotatable bonds is 37. The Labute approximate surface area is 345 Å². The molecule has 1 saturated heterocycles. The number of hydrogen-bond acceptors (Lipinski definition) is 11. The smallest absolute Gasteiger partial charge is 0.331 e. The first-order valence-electron chi connectivity index (χ1n) is 22.4. The van der Waals surface area contributed by atoms with Gasteiger partial charge in [0.1, 0.15) is 36.8 Å². The van der Waals surface area contributed by atoms with Crippen LogP contribution < -0.4 is 0 Å². The minimum absolute atomic E-state index is 0.204. The molecule has 0 amide bonds.